The van der Waals surface area contributed by atoms with Crippen LogP contribution in [0.25, 0.3) is 0 Å². The summed E-state index contributed by atoms with van der Waals surface area (Å²) in [7, 11) is 1.46. The number of Topliss-reactive ketones (excluding diaryl/α,β-unsaturated/α-hetero) is 1. The van der Waals surface area contributed by atoms with E-state index in [1.807, 2.05) is 0 Å². The number of phenolic OH excluding ortho intramolecular Hbond substituents is 1. The van der Waals surface area contributed by atoms with Gasteiger partial charge in [-0.15, -0.1) is 0 Å². The Balaban J connectivity index is 1.62. The zero-order valence-electron chi connectivity index (χ0n) is 18.8. The van der Waals surface area contributed by atoms with Gasteiger partial charge in [-0.1, -0.05) is 37.1 Å². The van der Waals surface area contributed by atoms with Crippen molar-refractivity contribution in [2.24, 2.45) is 0 Å². The molecule has 4 rings (SSSR count). The molecular formula is C25H29N3O4S. The van der Waals surface area contributed by atoms with Gasteiger partial charge in [0.15, 0.2) is 17.3 Å². The van der Waals surface area contributed by atoms with E-state index in [0.29, 0.717) is 34.6 Å². The lowest BCUT2D eigenvalue weighted by molar-refractivity contribution is -0.119. The number of amides is 1. The standard InChI is InChI=1S/C25H29N3O4S/c1-32-21-12-15(10-11-19(21)29)23-17(13-26)25(28-18-8-5-9-20(30)24(18)23)33-14-22(31)27-16-6-3-2-4-7-16/h10-12,16,23,28-29H,2-9,14H2,1H3,(H,27,31)/t23-/m0/s1. The Hall–Kier alpha value is -2.92. The minimum absolute atomic E-state index is 0.00386. The maximum Gasteiger partial charge on any atom is 0.230 e. The van der Waals surface area contributed by atoms with Crippen LogP contribution in [0.15, 0.2) is 40.1 Å². The lowest BCUT2D eigenvalue weighted by atomic mass is 9.77. The molecule has 1 atom stereocenters. The normalized spacial score (nSPS) is 21.2. The fourth-order valence-electron chi connectivity index (χ4n) is 4.90. The Kier molecular flexibility index (Phi) is 7.29. The van der Waals surface area contributed by atoms with Crippen molar-refractivity contribution < 1.29 is 19.4 Å². The number of nitrogens with one attached hydrogen (secondary N) is 2. The second-order valence-corrected chi connectivity index (χ2v) is 9.69. The maximum absolute atomic E-state index is 12.9. The first-order valence-electron chi connectivity index (χ1n) is 11.5. The Morgan fingerprint density at radius 1 is 1.27 bits per heavy atom. The van der Waals surface area contributed by atoms with Crippen molar-refractivity contribution in [2.45, 2.75) is 63.3 Å². The molecule has 8 heteroatoms. The molecule has 2 aliphatic carbocycles. The fourth-order valence-corrected chi connectivity index (χ4v) is 5.77. The third-order valence-corrected chi connectivity index (χ3v) is 7.54. The number of hydrogen-bond donors (Lipinski definition) is 3. The molecule has 3 N–H and O–H groups in total. The smallest absolute Gasteiger partial charge is 0.230 e. The first kappa shape index (κ1) is 23.2. The summed E-state index contributed by atoms with van der Waals surface area (Å²) in [5, 5.41) is 27.2. The molecule has 0 unspecified atom stereocenters. The van der Waals surface area contributed by atoms with E-state index >= 15 is 0 Å². The fraction of sp³-hybridized carbons (Fsp3) is 0.480. The summed E-state index contributed by atoms with van der Waals surface area (Å²) in [6, 6.07) is 7.43. The van der Waals surface area contributed by atoms with Crippen LogP contribution in [0.2, 0.25) is 0 Å². The zero-order chi connectivity index (χ0) is 23.4. The number of thioether (sulfide) groups is 1. The molecule has 0 saturated heterocycles. The quantitative estimate of drug-likeness (QED) is 0.579. The van der Waals surface area contributed by atoms with Gasteiger partial charge in [0.05, 0.1) is 35.5 Å². The average Bonchev–Trinajstić information content (AvgIpc) is 2.83. The highest BCUT2D eigenvalue weighted by molar-refractivity contribution is 8.03. The third-order valence-electron chi connectivity index (χ3n) is 6.52. The van der Waals surface area contributed by atoms with Crippen molar-refractivity contribution in [1.29, 1.82) is 5.26 Å². The number of benzene rings is 1. The van der Waals surface area contributed by atoms with E-state index in [1.54, 1.807) is 12.1 Å². The monoisotopic (exact) mass is 467 g/mol. The van der Waals surface area contributed by atoms with Crippen LogP contribution >= 0.6 is 11.8 Å². The van der Waals surface area contributed by atoms with Crippen LogP contribution < -0.4 is 15.4 Å². The summed E-state index contributed by atoms with van der Waals surface area (Å²) in [4.78, 5) is 25.5. The molecule has 0 spiro atoms. The van der Waals surface area contributed by atoms with E-state index in [-0.39, 0.29) is 35.0 Å². The van der Waals surface area contributed by atoms with E-state index in [0.717, 1.165) is 37.8 Å². The minimum Gasteiger partial charge on any atom is -0.504 e. The second-order valence-electron chi connectivity index (χ2n) is 8.70. The molecule has 3 aliphatic rings. The van der Waals surface area contributed by atoms with Gasteiger partial charge in [-0.05, 0) is 43.4 Å². The average molecular weight is 468 g/mol. The van der Waals surface area contributed by atoms with Gasteiger partial charge >= 0.3 is 0 Å². The molecule has 1 saturated carbocycles. The largest absolute Gasteiger partial charge is 0.504 e. The number of nitriles is 1. The third kappa shape index (κ3) is 5.03. The van der Waals surface area contributed by atoms with Gasteiger partial charge in [0.1, 0.15) is 0 Å². The van der Waals surface area contributed by atoms with E-state index in [2.05, 4.69) is 16.7 Å². The number of rotatable bonds is 6. The van der Waals surface area contributed by atoms with E-state index in [9.17, 15) is 20.0 Å². The molecular weight excluding hydrogens is 438 g/mol. The van der Waals surface area contributed by atoms with Crippen molar-refractivity contribution in [3.05, 3.63) is 45.6 Å². The van der Waals surface area contributed by atoms with Crippen LogP contribution in [0.4, 0.5) is 0 Å². The summed E-state index contributed by atoms with van der Waals surface area (Å²) in [5.41, 5.74) is 2.53. The molecule has 174 valence electrons. The van der Waals surface area contributed by atoms with Crippen LogP contribution in [-0.4, -0.2) is 35.7 Å². The van der Waals surface area contributed by atoms with Crippen LogP contribution in [0, 0.1) is 11.3 Å². The zero-order valence-corrected chi connectivity index (χ0v) is 19.6. The highest BCUT2D eigenvalue weighted by Crippen LogP contribution is 2.45. The SMILES string of the molecule is COc1cc([C@H]2C(C#N)=C(SCC(=O)NC3CCCCC3)NC3=C2C(=O)CCC3)ccc1O. The van der Waals surface area contributed by atoms with Gasteiger partial charge in [0, 0.05) is 23.7 Å². The number of ether oxygens (including phenoxy) is 1. The molecule has 7 nitrogen and oxygen atoms in total. The highest BCUT2D eigenvalue weighted by Gasteiger charge is 2.37. The highest BCUT2D eigenvalue weighted by atomic mass is 32.2. The van der Waals surface area contributed by atoms with Gasteiger partial charge in [-0.3, -0.25) is 9.59 Å². The number of aromatic hydroxyl groups is 1. The lowest BCUT2D eigenvalue weighted by Gasteiger charge is -2.33. The summed E-state index contributed by atoms with van der Waals surface area (Å²) in [5.74, 6) is -0.0943. The van der Waals surface area contributed by atoms with Crippen molar-refractivity contribution in [2.75, 3.05) is 12.9 Å². The molecule has 33 heavy (non-hydrogen) atoms. The topological polar surface area (TPSA) is 111 Å². The van der Waals surface area contributed by atoms with Crippen LogP contribution in [0.5, 0.6) is 11.5 Å². The van der Waals surface area contributed by atoms with Gasteiger partial charge < -0.3 is 20.5 Å². The number of hydrogen-bond acceptors (Lipinski definition) is 7. The number of dihydropyridines is 1. The Morgan fingerprint density at radius 3 is 2.79 bits per heavy atom. The second kappa shape index (κ2) is 10.3. The van der Waals surface area contributed by atoms with Crippen LogP contribution in [-0.2, 0) is 9.59 Å². The summed E-state index contributed by atoms with van der Waals surface area (Å²) < 4.78 is 5.26. The summed E-state index contributed by atoms with van der Waals surface area (Å²) >= 11 is 1.30. The van der Waals surface area contributed by atoms with Gasteiger partial charge in [0.2, 0.25) is 5.91 Å². The van der Waals surface area contributed by atoms with Gasteiger partial charge in [0.25, 0.3) is 0 Å². The van der Waals surface area contributed by atoms with Crippen molar-refractivity contribution in [1.82, 2.24) is 10.6 Å². The Labute approximate surface area is 198 Å². The predicted octanol–water partition coefficient (Wildman–Crippen LogP) is 4.01. The molecule has 0 radical (unpaired) electrons. The minimum atomic E-state index is -0.558. The van der Waals surface area contributed by atoms with E-state index in [4.69, 9.17) is 4.74 Å². The molecule has 1 aliphatic heterocycles. The molecule has 0 bridgehead atoms. The number of carbonyl (C=O) groups excluding carboxylic acids is 2. The predicted molar refractivity (Wildman–Crippen MR) is 127 cm³/mol. The van der Waals surface area contributed by atoms with E-state index < -0.39 is 5.92 Å². The van der Waals surface area contributed by atoms with Gasteiger partial charge in [-0.2, -0.15) is 5.26 Å². The Bertz CT molecular complexity index is 1050. The van der Waals surface area contributed by atoms with Crippen LogP contribution in [0.3, 0.4) is 0 Å². The summed E-state index contributed by atoms with van der Waals surface area (Å²) in [6.45, 7) is 0. The molecule has 1 fully saturated rings. The molecule has 1 amide bonds. The van der Waals surface area contributed by atoms with Crippen molar-refractivity contribution >= 4 is 23.5 Å². The molecule has 1 heterocycles. The number of ketones is 1. The number of allylic oxidation sites excluding steroid dienone is 3. The van der Waals surface area contributed by atoms with Gasteiger partial charge in [-0.25, -0.2) is 0 Å². The number of carbonyl (C=O) groups is 2. The first-order chi connectivity index (χ1) is 16.0. The first-order valence-corrected chi connectivity index (χ1v) is 12.5. The van der Waals surface area contributed by atoms with E-state index in [1.165, 1.54) is 31.4 Å². The lowest BCUT2D eigenvalue weighted by Crippen LogP contribution is -2.37. The molecule has 0 aromatic heterocycles. The summed E-state index contributed by atoms with van der Waals surface area (Å²) in [6.07, 6.45) is 7.45. The van der Waals surface area contributed by atoms with Crippen LogP contribution in [0.1, 0.15) is 62.8 Å². The number of methoxy groups -OCH3 is 1. The molecule has 1 aromatic carbocycles. The number of phenols is 1. The Morgan fingerprint density at radius 2 is 2.06 bits per heavy atom. The maximum atomic E-state index is 12.9. The number of nitrogens with zero attached hydrogens (tertiary/aromatic N) is 1. The van der Waals surface area contributed by atoms with Crippen molar-refractivity contribution in [3.63, 3.8) is 0 Å². The van der Waals surface area contributed by atoms with Crippen molar-refractivity contribution in [3.8, 4) is 17.6 Å². The molecule has 1 aromatic rings.